The largest absolute Gasteiger partial charge is 0.465 e. The van der Waals surface area contributed by atoms with E-state index in [2.05, 4.69) is 10.4 Å². The predicted molar refractivity (Wildman–Crippen MR) is 107 cm³/mol. The monoisotopic (exact) mass is 450 g/mol. The molecule has 12 heteroatoms. The Kier molecular flexibility index (Phi) is 6.87. The van der Waals surface area contributed by atoms with Gasteiger partial charge in [0, 0.05) is 24.3 Å². The number of nitrogens with one attached hydrogen (secondary N) is 1. The van der Waals surface area contributed by atoms with Crippen molar-refractivity contribution in [2.75, 3.05) is 25.2 Å². The highest BCUT2D eigenvalue weighted by molar-refractivity contribution is 5.98. The number of alkyl halides is 2. The fourth-order valence-corrected chi connectivity index (χ4v) is 3.98. The third-order valence-electron chi connectivity index (χ3n) is 5.53. The van der Waals surface area contributed by atoms with E-state index in [-0.39, 0.29) is 24.3 Å². The normalized spacial score (nSPS) is 20.7. The number of anilines is 2. The van der Waals surface area contributed by atoms with Crippen LogP contribution < -0.4 is 11.1 Å². The van der Waals surface area contributed by atoms with E-state index in [1.165, 1.54) is 35.1 Å². The highest BCUT2D eigenvalue weighted by Crippen LogP contribution is 2.37. The van der Waals surface area contributed by atoms with Crippen LogP contribution in [-0.2, 0) is 0 Å². The molecule has 2 aromatic rings. The Balaban J connectivity index is 1.98. The molecule has 1 saturated heterocycles. The number of nitrogens with two attached hydrogens (primary N) is 1. The summed E-state index contributed by atoms with van der Waals surface area (Å²) in [5.41, 5.74) is 5.84. The molecule has 2 heterocycles. The minimum absolute atomic E-state index is 0.0178. The van der Waals surface area contributed by atoms with E-state index in [9.17, 15) is 33.1 Å². The molecule has 32 heavy (non-hydrogen) atoms. The zero-order valence-corrected chi connectivity index (χ0v) is 16.8. The van der Waals surface area contributed by atoms with Gasteiger partial charge in [0.25, 0.3) is 5.91 Å². The van der Waals surface area contributed by atoms with Crippen LogP contribution in [0.4, 0.5) is 29.5 Å². The van der Waals surface area contributed by atoms with Gasteiger partial charge in [-0.25, -0.2) is 9.18 Å². The maximum absolute atomic E-state index is 13.5. The van der Waals surface area contributed by atoms with Gasteiger partial charge in [-0.15, -0.1) is 0 Å². The van der Waals surface area contributed by atoms with Gasteiger partial charge in [0.1, 0.15) is 11.4 Å². The summed E-state index contributed by atoms with van der Waals surface area (Å²) in [7, 11) is 0. The van der Waals surface area contributed by atoms with Gasteiger partial charge in [0.05, 0.1) is 37.4 Å². The zero-order chi connectivity index (χ0) is 23.4. The van der Waals surface area contributed by atoms with Crippen molar-refractivity contribution in [3.63, 3.8) is 0 Å². The molecule has 4 N–H and O–H groups in total. The lowest BCUT2D eigenvalue weighted by Gasteiger charge is -2.43. The first kappa shape index (κ1) is 22.9. The Morgan fingerprint density at radius 2 is 1.97 bits per heavy atom. The van der Waals surface area contributed by atoms with Gasteiger partial charge in [-0.3, -0.25) is 18.3 Å². The lowest BCUT2D eigenvalue weighted by molar-refractivity contribution is 0.0256. The number of amides is 2. The van der Waals surface area contributed by atoms with Gasteiger partial charge in [-0.05, 0) is 30.7 Å². The number of rotatable bonds is 7. The molecule has 1 aliphatic heterocycles. The number of carbonyl (C=O) groups excluding carboxylic acids is 1. The predicted octanol–water partition coefficient (Wildman–Crippen LogP) is 2.85. The molecule has 2 amide bonds. The van der Waals surface area contributed by atoms with Crippen LogP contribution in [0.25, 0.3) is 0 Å². The van der Waals surface area contributed by atoms with Crippen LogP contribution in [0.1, 0.15) is 22.8 Å². The van der Waals surface area contributed by atoms with Crippen molar-refractivity contribution in [2.24, 2.45) is 17.6 Å². The van der Waals surface area contributed by atoms with Crippen molar-refractivity contribution in [3.8, 4) is 6.07 Å². The second-order valence-corrected chi connectivity index (χ2v) is 7.41. The smallest absolute Gasteiger partial charge is 0.407 e. The molecule has 0 aliphatic carbocycles. The molecule has 0 saturated carbocycles. The van der Waals surface area contributed by atoms with Crippen molar-refractivity contribution in [2.45, 2.75) is 18.5 Å². The lowest BCUT2D eigenvalue weighted by atomic mass is 9.79. The Bertz CT molecular complexity index is 1020. The number of nitriles is 1. The number of halogens is 3. The van der Waals surface area contributed by atoms with Crippen LogP contribution in [0.15, 0.2) is 30.5 Å². The molecular formula is C20H21F3N6O3. The summed E-state index contributed by atoms with van der Waals surface area (Å²) in [6, 6.07) is 5.23. The van der Waals surface area contributed by atoms with Gasteiger partial charge < -0.3 is 21.1 Å². The molecule has 3 atom stereocenters. The summed E-state index contributed by atoms with van der Waals surface area (Å²) in [6.45, 7) is -2.36. The van der Waals surface area contributed by atoms with Crippen molar-refractivity contribution in [3.05, 3.63) is 41.8 Å². The number of likely N-dealkylation sites (tertiary alicyclic amines) is 1. The van der Waals surface area contributed by atoms with Crippen LogP contribution in [0.5, 0.6) is 0 Å². The van der Waals surface area contributed by atoms with Crippen LogP contribution in [-0.4, -0.2) is 57.7 Å². The minimum atomic E-state index is -1.38. The topological polar surface area (TPSA) is 137 Å². The Hall–Kier alpha value is -3.75. The van der Waals surface area contributed by atoms with E-state index in [1.807, 2.05) is 6.07 Å². The number of benzene rings is 1. The maximum Gasteiger partial charge on any atom is 0.407 e. The standard InChI is InChI=1S/C20H21F3N6O3/c21-7-11(8-22)17-14(9-24)16(5-6-28(17)20(31)32)29-10-15(18(25)30)19(27-29)26-13-3-1-12(23)2-4-13/h1-4,10-11,14,16-17H,5-8H2,(H2,25,30)(H,26,27)(H,31,32)/t14-,16+,17?/m0/s1. The number of hydrogen-bond donors (Lipinski definition) is 3. The van der Waals surface area contributed by atoms with Crippen LogP contribution in [0.2, 0.25) is 0 Å². The number of piperidine rings is 1. The number of nitrogens with zero attached hydrogens (tertiary/aromatic N) is 4. The fraction of sp³-hybridized carbons (Fsp3) is 0.400. The molecule has 1 fully saturated rings. The third-order valence-corrected chi connectivity index (χ3v) is 5.53. The number of aromatic nitrogens is 2. The van der Waals surface area contributed by atoms with Crippen molar-refractivity contribution >= 4 is 23.5 Å². The first-order chi connectivity index (χ1) is 15.3. The Morgan fingerprint density at radius 1 is 1.31 bits per heavy atom. The van der Waals surface area contributed by atoms with E-state index in [0.29, 0.717) is 5.69 Å². The molecular weight excluding hydrogens is 429 g/mol. The van der Waals surface area contributed by atoms with Crippen LogP contribution in [0.3, 0.4) is 0 Å². The maximum atomic E-state index is 13.5. The molecule has 0 spiro atoms. The van der Waals surface area contributed by atoms with Gasteiger partial charge in [-0.2, -0.15) is 10.4 Å². The van der Waals surface area contributed by atoms with Gasteiger partial charge in [0.2, 0.25) is 0 Å². The number of carbonyl (C=O) groups is 2. The molecule has 1 aromatic heterocycles. The molecule has 1 aromatic carbocycles. The van der Waals surface area contributed by atoms with E-state index in [4.69, 9.17) is 5.73 Å². The Labute approximate surface area is 181 Å². The number of carboxylic acid groups (broad SMARTS) is 1. The summed E-state index contributed by atoms with van der Waals surface area (Å²) in [5.74, 6) is -3.68. The molecule has 1 aliphatic rings. The fourth-order valence-electron chi connectivity index (χ4n) is 3.98. The third kappa shape index (κ3) is 4.46. The second kappa shape index (κ2) is 9.59. The lowest BCUT2D eigenvalue weighted by Crippen LogP contribution is -2.55. The van der Waals surface area contributed by atoms with Gasteiger partial charge >= 0.3 is 6.09 Å². The summed E-state index contributed by atoms with van der Waals surface area (Å²) in [5, 5.41) is 26.4. The SMILES string of the molecule is N#C[C@@H]1C(C(CF)CF)N(C(=O)O)CC[C@H]1n1cc(C(N)=O)c(Nc2ccc(F)cc2)n1. The summed E-state index contributed by atoms with van der Waals surface area (Å²) in [6.07, 6.45) is 0.0521. The number of primary amides is 1. The van der Waals surface area contributed by atoms with Crippen molar-refractivity contribution < 1.29 is 27.9 Å². The average Bonchev–Trinajstić information content (AvgIpc) is 3.19. The number of hydrogen-bond acceptors (Lipinski definition) is 5. The van der Waals surface area contributed by atoms with Crippen LogP contribution in [0, 0.1) is 29.0 Å². The molecule has 9 nitrogen and oxygen atoms in total. The first-order valence-corrected chi connectivity index (χ1v) is 9.73. The second-order valence-electron chi connectivity index (χ2n) is 7.41. The van der Waals surface area contributed by atoms with E-state index >= 15 is 0 Å². The van der Waals surface area contributed by atoms with Gasteiger partial charge in [0.15, 0.2) is 5.82 Å². The van der Waals surface area contributed by atoms with Crippen LogP contribution >= 0.6 is 0 Å². The quantitative estimate of drug-likeness (QED) is 0.593. The molecule has 3 rings (SSSR count). The minimum Gasteiger partial charge on any atom is -0.465 e. The molecule has 0 radical (unpaired) electrons. The average molecular weight is 450 g/mol. The molecule has 1 unspecified atom stereocenters. The zero-order valence-electron chi connectivity index (χ0n) is 16.8. The Morgan fingerprint density at radius 3 is 2.50 bits per heavy atom. The van der Waals surface area contributed by atoms with Gasteiger partial charge in [-0.1, -0.05) is 0 Å². The summed E-state index contributed by atoms with van der Waals surface area (Å²) < 4.78 is 41.4. The molecule has 0 bridgehead atoms. The highest BCUT2D eigenvalue weighted by Gasteiger charge is 2.46. The summed E-state index contributed by atoms with van der Waals surface area (Å²) in [4.78, 5) is 24.4. The summed E-state index contributed by atoms with van der Waals surface area (Å²) >= 11 is 0. The van der Waals surface area contributed by atoms with E-state index in [1.54, 1.807) is 0 Å². The van der Waals surface area contributed by atoms with E-state index < -0.39 is 55.1 Å². The van der Waals surface area contributed by atoms with E-state index in [0.717, 1.165) is 4.90 Å². The van der Waals surface area contributed by atoms with Crippen molar-refractivity contribution in [1.82, 2.24) is 14.7 Å². The van der Waals surface area contributed by atoms with Crippen molar-refractivity contribution in [1.29, 1.82) is 5.26 Å². The first-order valence-electron chi connectivity index (χ1n) is 9.73. The molecule has 170 valence electrons. The highest BCUT2D eigenvalue weighted by atomic mass is 19.1.